The predicted octanol–water partition coefficient (Wildman–Crippen LogP) is -4.00. The van der Waals surface area contributed by atoms with Crippen molar-refractivity contribution in [3.63, 3.8) is 0 Å². The summed E-state index contributed by atoms with van der Waals surface area (Å²) >= 11 is 0. The van der Waals surface area contributed by atoms with Crippen molar-refractivity contribution in [1.82, 2.24) is 10.4 Å². The molecule has 0 spiro atoms. The average Bonchev–Trinajstić information content (AvgIpc) is 1.86. The SMILES string of the molecule is O=c1cn[n-]o1.[Li+]. The summed E-state index contributed by atoms with van der Waals surface area (Å²) in [6, 6.07) is 0. The Morgan fingerprint density at radius 2 is 2.57 bits per heavy atom. The molecular weight excluding hydrogens is 91.0 g/mol. The molecule has 0 aliphatic heterocycles. The Hall–Kier alpha value is -0.463. The van der Waals surface area contributed by atoms with Gasteiger partial charge in [0.05, 0.1) is 6.20 Å². The summed E-state index contributed by atoms with van der Waals surface area (Å²) in [5, 5.41) is 5.98. The van der Waals surface area contributed by atoms with Gasteiger partial charge in [0, 0.05) is 0 Å². The molecule has 0 bridgehead atoms. The first-order valence-electron chi connectivity index (χ1n) is 1.34. The first-order chi connectivity index (χ1) is 2.89. The molecule has 1 aromatic heterocycles. The van der Waals surface area contributed by atoms with E-state index >= 15 is 0 Å². The molecule has 7 heavy (non-hydrogen) atoms. The van der Waals surface area contributed by atoms with E-state index in [1.165, 1.54) is 0 Å². The Kier molecular flexibility index (Phi) is 2.49. The van der Waals surface area contributed by atoms with Gasteiger partial charge in [0.2, 0.25) is 0 Å². The predicted molar refractivity (Wildman–Crippen MR) is 16.1 cm³/mol. The molecule has 1 rings (SSSR count). The molecule has 0 radical (unpaired) electrons. The largest absolute Gasteiger partial charge is 1.00 e. The van der Waals surface area contributed by atoms with Gasteiger partial charge in [0.25, 0.3) is 0 Å². The molecule has 0 saturated heterocycles. The quantitative estimate of drug-likeness (QED) is 0.306. The number of hydrogen-bond acceptors (Lipinski definition) is 3. The van der Waals surface area contributed by atoms with Crippen molar-refractivity contribution in [3.05, 3.63) is 16.6 Å². The van der Waals surface area contributed by atoms with Gasteiger partial charge in [-0.2, -0.15) is 0 Å². The van der Waals surface area contributed by atoms with Gasteiger partial charge in [-0.15, -0.1) is 0 Å². The second kappa shape index (κ2) is 2.67. The Balaban J connectivity index is 0.000000360. The molecule has 0 atom stereocenters. The van der Waals surface area contributed by atoms with Crippen molar-refractivity contribution in [2.24, 2.45) is 0 Å². The summed E-state index contributed by atoms with van der Waals surface area (Å²) in [5.41, 5.74) is -0.505. The van der Waals surface area contributed by atoms with Gasteiger partial charge in [0.15, 0.2) is 0 Å². The molecule has 0 aromatic carbocycles. The van der Waals surface area contributed by atoms with E-state index in [1.54, 1.807) is 0 Å². The van der Waals surface area contributed by atoms with Gasteiger partial charge in [-0.05, 0) is 0 Å². The van der Waals surface area contributed by atoms with E-state index in [2.05, 4.69) is 14.9 Å². The van der Waals surface area contributed by atoms with E-state index < -0.39 is 5.63 Å². The third-order valence-electron chi connectivity index (χ3n) is 0.341. The van der Waals surface area contributed by atoms with E-state index in [9.17, 15) is 4.79 Å². The van der Waals surface area contributed by atoms with Crippen molar-refractivity contribution >= 4 is 0 Å². The molecule has 0 amide bonds. The molecule has 4 nitrogen and oxygen atoms in total. The van der Waals surface area contributed by atoms with Gasteiger partial charge in [0.1, 0.15) is 0 Å². The molecule has 0 saturated carbocycles. The van der Waals surface area contributed by atoms with Gasteiger partial charge in [-0.25, -0.2) is 4.79 Å². The number of rotatable bonds is 0. The van der Waals surface area contributed by atoms with Crippen LogP contribution in [0.2, 0.25) is 0 Å². The Bertz CT molecular complexity index is 151. The van der Waals surface area contributed by atoms with Crippen LogP contribution in [0, 0.1) is 0 Å². The summed E-state index contributed by atoms with van der Waals surface area (Å²) in [7, 11) is 0. The fourth-order valence-electron chi connectivity index (χ4n) is 0.158. The zero-order valence-electron chi connectivity index (χ0n) is 3.79. The molecular formula is C2HLiN2O2. The zero-order chi connectivity index (χ0) is 4.41. The summed E-state index contributed by atoms with van der Waals surface area (Å²) in [5.74, 6) is 0. The van der Waals surface area contributed by atoms with Crippen LogP contribution in [0.4, 0.5) is 0 Å². The fraction of sp³-hybridized carbons (Fsp3) is 0. The maximum Gasteiger partial charge on any atom is 1.00 e. The van der Waals surface area contributed by atoms with Crippen molar-refractivity contribution < 1.29 is 23.4 Å². The minimum absolute atomic E-state index is 0. The second-order valence-electron chi connectivity index (χ2n) is 0.737. The van der Waals surface area contributed by atoms with Gasteiger partial charge in [-0.3, -0.25) is 0 Å². The number of hydrogen-bond donors (Lipinski definition) is 0. The van der Waals surface area contributed by atoms with Crippen LogP contribution in [0.3, 0.4) is 0 Å². The third-order valence-corrected chi connectivity index (χ3v) is 0.341. The van der Waals surface area contributed by atoms with Crippen LogP contribution in [0.15, 0.2) is 15.5 Å². The van der Waals surface area contributed by atoms with E-state index in [4.69, 9.17) is 0 Å². The van der Waals surface area contributed by atoms with Crippen molar-refractivity contribution in [1.29, 1.82) is 0 Å². The second-order valence-corrected chi connectivity index (χ2v) is 0.737. The van der Waals surface area contributed by atoms with Crippen LogP contribution in [0.5, 0.6) is 0 Å². The molecule has 0 aliphatic rings. The molecule has 32 valence electrons. The maximum absolute atomic E-state index is 9.78. The summed E-state index contributed by atoms with van der Waals surface area (Å²) in [4.78, 5) is 9.78. The molecule has 0 unspecified atom stereocenters. The smallest absolute Gasteiger partial charge is 0.512 e. The van der Waals surface area contributed by atoms with Crippen LogP contribution < -0.4 is 29.8 Å². The van der Waals surface area contributed by atoms with Crippen LogP contribution in [-0.2, 0) is 0 Å². The zero-order valence-corrected chi connectivity index (χ0v) is 3.79. The van der Waals surface area contributed by atoms with E-state index in [0.29, 0.717) is 0 Å². The monoisotopic (exact) mass is 92.0 g/mol. The van der Waals surface area contributed by atoms with Crippen LogP contribution in [0.25, 0.3) is 0 Å². The Labute approximate surface area is 51.0 Å². The Morgan fingerprint density at radius 3 is 2.71 bits per heavy atom. The fourth-order valence-corrected chi connectivity index (χ4v) is 0.158. The topological polar surface area (TPSA) is 57.2 Å². The molecule has 0 fully saturated rings. The van der Waals surface area contributed by atoms with Gasteiger partial charge < -0.3 is 14.9 Å². The van der Waals surface area contributed by atoms with Crippen LogP contribution in [-0.4, -0.2) is 5.10 Å². The summed E-state index contributed by atoms with van der Waals surface area (Å²) in [6.07, 6.45) is 1.000. The Morgan fingerprint density at radius 1 is 1.86 bits per heavy atom. The third kappa shape index (κ3) is 1.62. The summed E-state index contributed by atoms with van der Waals surface area (Å²) < 4.78 is 3.92. The van der Waals surface area contributed by atoms with Gasteiger partial charge >= 0.3 is 24.5 Å². The first kappa shape index (κ1) is 6.54. The van der Waals surface area contributed by atoms with Crippen LogP contribution in [0.1, 0.15) is 0 Å². The van der Waals surface area contributed by atoms with Crippen molar-refractivity contribution in [3.8, 4) is 0 Å². The van der Waals surface area contributed by atoms with E-state index in [0.717, 1.165) is 6.20 Å². The van der Waals surface area contributed by atoms with Crippen molar-refractivity contribution in [2.45, 2.75) is 0 Å². The average molecular weight is 92.0 g/mol. The molecule has 0 N–H and O–H groups in total. The maximum atomic E-state index is 9.78. The minimum Gasteiger partial charge on any atom is -0.512 e. The standard InChI is InChI=1S/C2H2N2O2.Li/c5-2-1-3-4-6-2;/h1H,(H,4,5);/q;+1/p-1. The van der Waals surface area contributed by atoms with E-state index in [-0.39, 0.29) is 18.9 Å². The van der Waals surface area contributed by atoms with Gasteiger partial charge in [-0.1, -0.05) is 0 Å². The van der Waals surface area contributed by atoms with Crippen LogP contribution >= 0.6 is 0 Å². The van der Waals surface area contributed by atoms with Crippen molar-refractivity contribution in [2.75, 3.05) is 0 Å². The number of nitrogens with zero attached hydrogens (tertiary/aromatic N) is 2. The normalized spacial score (nSPS) is 7.43. The number of aromatic nitrogens is 2. The molecule has 1 heterocycles. The molecule has 1 aromatic rings. The minimum atomic E-state index is -0.505. The molecule has 5 heteroatoms. The molecule has 0 aliphatic carbocycles. The first-order valence-corrected chi connectivity index (χ1v) is 1.34. The van der Waals surface area contributed by atoms with E-state index in [1.807, 2.05) is 0 Å². The summed E-state index contributed by atoms with van der Waals surface area (Å²) in [6.45, 7) is 0.